The van der Waals surface area contributed by atoms with Crippen LogP contribution in [0, 0.1) is 18.8 Å². The minimum atomic E-state index is -4.52. The van der Waals surface area contributed by atoms with E-state index < -0.39 is 42.2 Å². The molecular formula is C26H29F5N8O3. The van der Waals surface area contributed by atoms with Crippen molar-refractivity contribution in [1.82, 2.24) is 40.4 Å². The van der Waals surface area contributed by atoms with Crippen molar-refractivity contribution in [2.24, 2.45) is 11.8 Å². The molecule has 0 radical (unpaired) electrons. The number of halogens is 5. The summed E-state index contributed by atoms with van der Waals surface area (Å²) in [4.78, 5) is 31.9. The van der Waals surface area contributed by atoms with Crippen LogP contribution >= 0.6 is 0 Å². The highest BCUT2D eigenvalue weighted by Gasteiger charge is 2.47. The van der Waals surface area contributed by atoms with Crippen LogP contribution < -0.4 is 10.6 Å². The molecule has 1 aliphatic heterocycles. The van der Waals surface area contributed by atoms with Gasteiger partial charge in [-0.05, 0) is 67.7 Å². The second-order valence-electron chi connectivity index (χ2n) is 11.4. The van der Waals surface area contributed by atoms with E-state index >= 15 is 0 Å². The number of carbonyl (C=O) groups is 2. The van der Waals surface area contributed by atoms with Crippen molar-refractivity contribution in [2.45, 2.75) is 82.1 Å². The summed E-state index contributed by atoms with van der Waals surface area (Å²) in [5.41, 5.74) is 1.68. The number of alkyl halides is 5. The molecule has 16 heteroatoms. The lowest BCUT2D eigenvalue weighted by atomic mass is 9.81. The highest BCUT2D eigenvalue weighted by atomic mass is 19.4. The molecule has 3 amide bonds. The van der Waals surface area contributed by atoms with E-state index in [4.69, 9.17) is 0 Å². The zero-order chi connectivity index (χ0) is 29.8. The lowest BCUT2D eigenvalue weighted by Gasteiger charge is -2.38. The van der Waals surface area contributed by atoms with Crippen molar-refractivity contribution < 1.29 is 36.2 Å². The van der Waals surface area contributed by atoms with Gasteiger partial charge < -0.3 is 15.5 Å². The van der Waals surface area contributed by atoms with Crippen LogP contribution in [0.25, 0.3) is 5.65 Å². The number of urea groups is 1. The van der Waals surface area contributed by atoms with Crippen LogP contribution in [0.4, 0.5) is 26.7 Å². The number of rotatable bonds is 7. The van der Waals surface area contributed by atoms with Crippen molar-refractivity contribution in [3.8, 4) is 0 Å². The van der Waals surface area contributed by atoms with Gasteiger partial charge in [0.05, 0.1) is 30.2 Å². The average molecular weight is 597 g/mol. The molecule has 1 unspecified atom stereocenters. The first kappa shape index (κ1) is 28.3. The van der Waals surface area contributed by atoms with Gasteiger partial charge in [-0.25, -0.2) is 27.7 Å². The molecule has 0 spiro atoms. The third-order valence-electron chi connectivity index (χ3n) is 8.42. The SMILES string of the molecule is Cc1nonc1C(=O)N[C@H](c1cn2ncc(C(C3CC3)N3CC[C@@H](C(F)(F)F)NC3=O)cc2n1)C1CCC(F)(F)CC1. The molecule has 3 aromatic heterocycles. The average Bonchev–Trinajstić information content (AvgIpc) is 3.51. The Balaban J connectivity index is 1.28. The van der Waals surface area contributed by atoms with Gasteiger partial charge in [-0.2, -0.15) is 18.3 Å². The first-order chi connectivity index (χ1) is 19.9. The van der Waals surface area contributed by atoms with Crippen LogP contribution in [0.2, 0.25) is 0 Å². The third kappa shape index (κ3) is 5.62. The van der Waals surface area contributed by atoms with Gasteiger partial charge in [0.15, 0.2) is 11.3 Å². The van der Waals surface area contributed by atoms with E-state index in [9.17, 15) is 31.5 Å². The standard InChI is InChI=1S/C26H29F5N8O3/c1-13-20(37-42-36-13)23(40)35-21(14-4-7-25(27,28)8-5-14)17-12-39-19(33-17)10-16(11-32-39)22(15-2-3-15)38-9-6-18(26(29,30)31)34-24(38)41/h10-12,14-15,18,21-22H,2-9H2,1H3,(H,34,41)(H,35,40)/t18-,21-,22?/m0/s1. The Morgan fingerprint density at radius 3 is 2.50 bits per heavy atom. The van der Waals surface area contributed by atoms with Crippen LogP contribution in [0.5, 0.6) is 0 Å². The van der Waals surface area contributed by atoms with Crippen LogP contribution in [-0.4, -0.2) is 66.4 Å². The molecule has 2 N–H and O–H groups in total. The molecule has 4 heterocycles. The Morgan fingerprint density at radius 1 is 1.14 bits per heavy atom. The Bertz CT molecular complexity index is 1480. The summed E-state index contributed by atoms with van der Waals surface area (Å²) >= 11 is 0. The topological polar surface area (TPSA) is 131 Å². The number of fused-ring (bicyclic) bond motifs is 1. The molecule has 0 aromatic carbocycles. The van der Waals surface area contributed by atoms with E-state index in [1.54, 1.807) is 25.4 Å². The Kier molecular flexibility index (Phi) is 7.04. The minimum Gasteiger partial charge on any atom is -0.342 e. The fourth-order valence-electron chi connectivity index (χ4n) is 6.00. The maximum atomic E-state index is 14.0. The van der Waals surface area contributed by atoms with Crippen LogP contribution in [0.15, 0.2) is 23.1 Å². The van der Waals surface area contributed by atoms with E-state index in [1.807, 2.05) is 0 Å². The zero-order valence-electron chi connectivity index (χ0n) is 22.6. The molecule has 226 valence electrons. The fourth-order valence-corrected chi connectivity index (χ4v) is 6.00. The van der Waals surface area contributed by atoms with Crippen molar-refractivity contribution in [1.29, 1.82) is 0 Å². The van der Waals surface area contributed by atoms with Gasteiger partial charge in [0.2, 0.25) is 5.92 Å². The van der Waals surface area contributed by atoms with Crippen molar-refractivity contribution in [3.05, 3.63) is 41.1 Å². The second kappa shape index (κ2) is 10.5. The predicted octanol–water partition coefficient (Wildman–Crippen LogP) is 4.51. The smallest absolute Gasteiger partial charge is 0.342 e. The highest BCUT2D eigenvalue weighted by Crippen LogP contribution is 2.46. The first-order valence-electron chi connectivity index (χ1n) is 13.9. The summed E-state index contributed by atoms with van der Waals surface area (Å²) in [6, 6.07) is -2.15. The monoisotopic (exact) mass is 596 g/mol. The summed E-state index contributed by atoms with van der Waals surface area (Å²) in [5.74, 6) is -3.61. The summed E-state index contributed by atoms with van der Waals surface area (Å²) in [5, 5.41) is 16.7. The normalized spacial score (nSPS) is 23.0. The van der Waals surface area contributed by atoms with Crippen LogP contribution in [-0.2, 0) is 0 Å². The largest absolute Gasteiger partial charge is 0.408 e. The number of nitrogens with one attached hydrogen (secondary N) is 2. The molecule has 6 rings (SSSR count). The van der Waals surface area contributed by atoms with Crippen LogP contribution in [0.3, 0.4) is 0 Å². The maximum Gasteiger partial charge on any atom is 0.408 e. The van der Waals surface area contributed by atoms with Crippen LogP contribution in [0.1, 0.15) is 84.5 Å². The Labute approximate surface area is 236 Å². The third-order valence-corrected chi connectivity index (χ3v) is 8.42. The number of hydrogen-bond acceptors (Lipinski definition) is 7. The van der Waals surface area contributed by atoms with E-state index in [0.717, 1.165) is 12.8 Å². The zero-order valence-corrected chi connectivity index (χ0v) is 22.6. The Hall–Kier alpha value is -3.85. The van der Waals surface area contributed by atoms with E-state index in [-0.39, 0.29) is 61.9 Å². The van der Waals surface area contributed by atoms with Gasteiger partial charge >= 0.3 is 12.2 Å². The van der Waals surface area contributed by atoms with Gasteiger partial charge in [0, 0.05) is 19.4 Å². The number of imidazole rings is 1. The molecule has 11 nitrogen and oxygen atoms in total. The Morgan fingerprint density at radius 2 is 1.88 bits per heavy atom. The lowest BCUT2D eigenvalue weighted by Crippen LogP contribution is -2.57. The lowest BCUT2D eigenvalue weighted by molar-refractivity contribution is -0.159. The van der Waals surface area contributed by atoms with E-state index in [0.29, 0.717) is 16.9 Å². The molecule has 42 heavy (non-hydrogen) atoms. The summed E-state index contributed by atoms with van der Waals surface area (Å²) in [6.07, 6.45) is -0.294. The molecule has 2 aliphatic carbocycles. The van der Waals surface area contributed by atoms with E-state index in [1.165, 1.54) is 9.42 Å². The predicted molar refractivity (Wildman–Crippen MR) is 134 cm³/mol. The number of hydrogen-bond donors (Lipinski definition) is 2. The summed E-state index contributed by atoms with van der Waals surface area (Å²) < 4.78 is 73.7. The maximum absolute atomic E-state index is 14.0. The van der Waals surface area contributed by atoms with Crippen molar-refractivity contribution >= 4 is 17.6 Å². The summed E-state index contributed by atoms with van der Waals surface area (Å²) in [7, 11) is 0. The number of carbonyl (C=O) groups excluding carboxylic acids is 2. The molecule has 0 bridgehead atoms. The highest BCUT2D eigenvalue weighted by molar-refractivity contribution is 5.93. The van der Waals surface area contributed by atoms with Gasteiger partial charge in [-0.1, -0.05) is 5.16 Å². The fraction of sp³-hybridized carbons (Fsp3) is 0.615. The number of aryl methyl sites for hydroxylation is 1. The van der Waals surface area contributed by atoms with Gasteiger partial charge in [0.25, 0.3) is 5.91 Å². The van der Waals surface area contributed by atoms with Crippen molar-refractivity contribution in [3.63, 3.8) is 0 Å². The minimum absolute atomic E-state index is 0.0230. The first-order valence-corrected chi connectivity index (χ1v) is 13.9. The number of nitrogens with zero attached hydrogens (tertiary/aromatic N) is 6. The molecule has 3 fully saturated rings. The van der Waals surface area contributed by atoms with Gasteiger partial charge in [-0.3, -0.25) is 4.79 Å². The quantitative estimate of drug-likeness (QED) is 0.384. The second-order valence-corrected chi connectivity index (χ2v) is 11.4. The van der Waals surface area contributed by atoms with Gasteiger partial charge in [-0.15, -0.1) is 0 Å². The molecule has 3 atom stereocenters. The molecule has 2 saturated carbocycles. The van der Waals surface area contributed by atoms with E-state index in [2.05, 4.69) is 35.7 Å². The molecular weight excluding hydrogens is 567 g/mol. The molecule has 1 saturated heterocycles. The summed E-state index contributed by atoms with van der Waals surface area (Å²) in [6.45, 7) is 1.50. The number of aromatic nitrogens is 5. The van der Waals surface area contributed by atoms with Gasteiger partial charge in [0.1, 0.15) is 11.7 Å². The molecule has 3 aromatic rings. The number of amides is 3. The van der Waals surface area contributed by atoms with Crippen molar-refractivity contribution in [2.75, 3.05) is 6.54 Å². The molecule has 3 aliphatic rings.